The van der Waals surface area contributed by atoms with Gasteiger partial charge in [0.05, 0.1) is 6.54 Å². The smallest absolute Gasteiger partial charge is 0.323 e. The highest BCUT2D eigenvalue weighted by molar-refractivity contribution is 6.06. The minimum atomic E-state index is -1.19. The number of piperazine rings is 1. The normalized spacial score (nSPS) is 19.1. The fraction of sp³-hybridized carbons (Fsp3) is 0.400. The van der Waals surface area contributed by atoms with Crippen LogP contribution in [0, 0.1) is 13.8 Å². The molecule has 6 heteroatoms. The lowest BCUT2D eigenvalue weighted by molar-refractivity contribution is -0.154. The second kappa shape index (κ2) is 5.55. The van der Waals surface area contributed by atoms with Crippen molar-refractivity contribution in [3.63, 3.8) is 0 Å². The summed E-state index contributed by atoms with van der Waals surface area (Å²) in [6.07, 6.45) is 0. The molecule has 1 aromatic rings. The largest absolute Gasteiger partial charge is 0.480 e. The number of anilines is 1. The number of carboxylic acid groups (broad SMARTS) is 1. The van der Waals surface area contributed by atoms with Gasteiger partial charge in [-0.1, -0.05) is 6.07 Å². The average molecular weight is 290 g/mol. The maximum atomic E-state index is 12.2. The zero-order valence-corrected chi connectivity index (χ0v) is 12.3. The number of aliphatic carboxylic acids is 1. The lowest BCUT2D eigenvalue weighted by Crippen LogP contribution is -2.60. The van der Waals surface area contributed by atoms with Gasteiger partial charge in [0.1, 0.15) is 12.6 Å². The van der Waals surface area contributed by atoms with Crippen molar-refractivity contribution < 1.29 is 19.5 Å². The number of hydrogen-bond donors (Lipinski definition) is 1. The van der Waals surface area contributed by atoms with Crippen LogP contribution in [-0.2, 0) is 14.4 Å². The third-order valence-electron chi connectivity index (χ3n) is 3.53. The summed E-state index contributed by atoms with van der Waals surface area (Å²) in [6, 6.07) is 5.27. The van der Waals surface area contributed by atoms with Crippen molar-refractivity contribution >= 4 is 23.5 Å². The van der Waals surface area contributed by atoms with Crippen molar-refractivity contribution in [3.8, 4) is 0 Å². The molecule has 1 unspecified atom stereocenters. The average Bonchev–Trinajstić information content (AvgIpc) is 2.37. The van der Waals surface area contributed by atoms with E-state index < -0.39 is 30.4 Å². The van der Waals surface area contributed by atoms with E-state index in [0.717, 1.165) is 21.7 Å². The van der Waals surface area contributed by atoms with Crippen LogP contribution in [0.1, 0.15) is 18.1 Å². The lowest BCUT2D eigenvalue weighted by Gasteiger charge is -2.38. The molecule has 6 nitrogen and oxygen atoms in total. The van der Waals surface area contributed by atoms with Gasteiger partial charge in [-0.25, -0.2) is 0 Å². The molecule has 0 spiro atoms. The van der Waals surface area contributed by atoms with Crippen molar-refractivity contribution in [2.45, 2.75) is 26.8 Å². The van der Waals surface area contributed by atoms with Crippen LogP contribution in [0.5, 0.6) is 0 Å². The first-order valence-corrected chi connectivity index (χ1v) is 6.70. The standard InChI is InChI=1S/C15H18N2O4/c1-9-4-10(2)6-12(5-9)16-7-13(18)17(8-14(19)20)15(21)11(16)3/h4-6,11H,7-8H2,1-3H3,(H,19,20). The molecule has 1 atom stereocenters. The Bertz CT molecular complexity index is 591. The Hall–Kier alpha value is -2.37. The van der Waals surface area contributed by atoms with Gasteiger partial charge in [0.25, 0.3) is 5.91 Å². The van der Waals surface area contributed by atoms with Crippen LogP contribution >= 0.6 is 0 Å². The zero-order valence-electron chi connectivity index (χ0n) is 12.3. The summed E-state index contributed by atoms with van der Waals surface area (Å²) >= 11 is 0. The van der Waals surface area contributed by atoms with Gasteiger partial charge in [-0.15, -0.1) is 0 Å². The molecule has 1 aliphatic heterocycles. The van der Waals surface area contributed by atoms with Crippen molar-refractivity contribution in [2.75, 3.05) is 18.0 Å². The molecule has 1 N–H and O–H groups in total. The van der Waals surface area contributed by atoms with E-state index in [1.165, 1.54) is 0 Å². The number of hydrogen-bond acceptors (Lipinski definition) is 4. The van der Waals surface area contributed by atoms with Gasteiger partial charge in [0.15, 0.2) is 0 Å². The molecule has 1 fully saturated rings. The first kappa shape index (κ1) is 15.0. The highest BCUT2D eigenvalue weighted by atomic mass is 16.4. The lowest BCUT2D eigenvalue weighted by atomic mass is 10.1. The van der Waals surface area contributed by atoms with Gasteiger partial charge in [0.2, 0.25) is 5.91 Å². The van der Waals surface area contributed by atoms with E-state index in [4.69, 9.17) is 5.11 Å². The summed E-state index contributed by atoms with van der Waals surface area (Å²) in [5, 5.41) is 8.78. The fourth-order valence-corrected chi connectivity index (χ4v) is 2.58. The highest BCUT2D eigenvalue weighted by Crippen LogP contribution is 2.24. The number of carbonyl (C=O) groups excluding carboxylic acids is 2. The first-order valence-electron chi connectivity index (χ1n) is 6.70. The van der Waals surface area contributed by atoms with Crippen LogP contribution in [0.2, 0.25) is 0 Å². The van der Waals surface area contributed by atoms with Gasteiger partial charge in [-0.05, 0) is 44.0 Å². The summed E-state index contributed by atoms with van der Waals surface area (Å²) in [4.78, 5) is 37.5. The maximum absolute atomic E-state index is 12.2. The molecule has 1 saturated heterocycles. The molecule has 0 aromatic heterocycles. The molecular formula is C15H18N2O4. The molecular weight excluding hydrogens is 272 g/mol. The number of nitrogens with zero attached hydrogens (tertiary/aromatic N) is 2. The third kappa shape index (κ3) is 3.04. The number of carboxylic acids is 1. The van der Waals surface area contributed by atoms with Crippen LogP contribution in [0.25, 0.3) is 0 Å². The second-order valence-electron chi connectivity index (χ2n) is 5.36. The quantitative estimate of drug-likeness (QED) is 0.839. The van der Waals surface area contributed by atoms with E-state index in [1.807, 2.05) is 32.0 Å². The Labute approximate surface area is 123 Å². The Morgan fingerprint density at radius 1 is 1.24 bits per heavy atom. The SMILES string of the molecule is Cc1cc(C)cc(N2CC(=O)N(CC(=O)O)C(=O)C2C)c1. The zero-order chi connectivity index (χ0) is 15.7. The van der Waals surface area contributed by atoms with Gasteiger partial charge in [-0.3, -0.25) is 19.3 Å². The van der Waals surface area contributed by atoms with Crippen molar-refractivity contribution in [1.29, 1.82) is 0 Å². The molecule has 1 aliphatic rings. The Balaban J connectivity index is 2.30. The number of aryl methyl sites for hydroxylation is 2. The summed E-state index contributed by atoms with van der Waals surface area (Å²) < 4.78 is 0. The van der Waals surface area contributed by atoms with E-state index in [-0.39, 0.29) is 6.54 Å². The first-order chi connectivity index (χ1) is 9.79. The number of carbonyl (C=O) groups is 3. The topological polar surface area (TPSA) is 77.9 Å². The monoisotopic (exact) mass is 290 g/mol. The molecule has 21 heavy (non-hydrogen) atoms. The van der Waals surface area contributed by atoms with E-state index in [1.54, 1.807) is 11.8 Å². The van der Waals surface area contributed by atoms with E-state index >= 15 is 0 Å². The summed E-state index contributed by atoms with van der Waals surface area (Å²) in [5.74, 6) is -2.16. The molecule has 1 aromatic carbocycles. The Kier molecular flexibility index (Phi) is 3.97. The summed E-state index contributed by atoms with van der Waals surface area (Å²) in [6.45, 7) is 5.00. The van der Waals surface area contributed by atoms with Gasteiger partial charge in [-0.2, -0.15) is 0 Å². The van der Waals surface area contributed by atoms with Crippen molar-refractivity contribution in [2.24, 2.45) is 0 Å². The minimum absolute atomic E-state index is 0.00306. The molecule has 2 rings (SSSR count). The highest BCUT2D eigenvalue weighted by Gasteiger charge is 2.38. The number of imide groups is 1. The molecule has 0 bridgehead atoms. The van der Waals surface area contributed by atoms with Crippen LogP contribution in [0.15, 0.2) is 18.2 Å². The van der Waals surface area contributed by atoms with Gasteiger partial charge in [0, 0.05) is 5.69 Å². The maximum Gasteiger partial charge on any atom is 0.323 e. The van der Waals surface area contributed by atoms with Crippen LogP contribution in [-0.4, -0.2) is 46.9 Å². The van der Waals surface area contributed by atoms with E-state index in [9.17, 15) is 14.4 Å². The molecule has 0 radical (unpaired) electrons. The fourth-order valence-electron chi connectivity index (χ4n) is 2.58. The predicted molar refractivity (Wildman–Crippen MR) is 77.1 cm³/mol. The Morgan fingerprint density at radius 3 is 2.33 bits per heavy atom. The molecule has 0 aliphatic carbocycles. The summed E-state index contributed by atoms with van der Waals surface area (Å²) in [7, 11) is 0. The predicted octanol–water partition coefficient (Wildman–Crippen LogP) is 0.952. The van der Waals surface area contributed by atoms with Crippen molar-refractivity contribution in [1.82, 2.24) is 4.90 Å². The van der Waals surface area contributed by atoms with Gasteiger partial charge < -0.3 is 10.0 Å². The number of amides is 2. The minimum Gasteiger partial charge on any atom is -0.480 e. The van der Waals surface area contributed by atoms with E-state index in [2.05, 4.69) is 0 Å². The number of benzene rings is 1. The second-order valence-corrected chi connectivity index (χ2v) is 5.36. The molecule has 1 heterocycles. The third-order valence-corrected chi connectivity index (χ3v) is 3.53. The van der Waals surface area contributed by atoms with Crippen LogP contribution in [0.3, 0.4) is 0 Å². The van der Waals surface area contributed by atoms with Crippen molar-refractivity contribution in [3.05, 3.63) is 29.3 Å². The summed E-state index contributed by atoms with van der Waals surface area (Å²) in [5.41, 5.74) is 2.90. The Morgan fingerprint density at radius 2 is 1.81 bits per heavy atom. The van der Waals surface area contributed by atoms with Crippen LogP contribution in [0.4, 0.5) is 5.69 Å². The van der Waals surface area contributed by atoms with E-state index in [0.29, 0.717) is 0 Å². The molecule has 2 amide bonds. The number of rotatable bonds is 3. The van der Waals surface area contributed by atoms with Crippen LogP contribution < -0.4 is 4.90 Å². The molecule has 0 saturated carbocycles. The molecule has 112 valence electrons. The van der Waals surface area contributed by atoms with Gasteiger partial charge >= 0.3 is 5.97 Å².